The molecular formula is C30H55NO6S. The van der Waals surface area contributed by atoms with E-state index < -0.39 is 40.0 Å². The predicted octanol–water partition coefficient (Wildman–Crippen LogP) is 6.42. The summed E-state index contributed by atoms with van der Waals surface area (Å²) in [5.41, 5.74) is 0. The van der Waals surface area contributed by atoms with Crippen LogP contribution in [0.2, 0.25) is 0 Å². The highest BCUT2D eigenvalue weighted by atomic mass is 32.2. The number of carbonyl (C=O) groups is 1. The molecule has 7 nitrogen and oxygen atoms in total. The van der Waals surface area contributed by atoms with Gasteiger partial charge in [0.1, 0.15) is 6.10 Å². The molecule has 0 radical (unpaired) electrons. The van der Waals surface area contributed by atoms with Crippen LogP contribution in [0.1, 0.15) is 123 Å². The number of nitrogens with one attached hydrogen (secondary N) is 1. The van der Waals surface area contributed by atoms with Crippen molar-refractivity contribution in [3.05, 3.63) is 36.5 Å². The standard InChI is InChI=1S/C30H55NO6S/c1-3-5-7-9-10-11-12-13-14-15-16-17-18-19-21-23-25-29(33)30(34)31-27(26-38(35,36)37)28(32)24-22-20-8-6-4-2/h10-11,13-14,22,24,27-29,32-33H,3-9,12,15-21,23,25-26H2,1-2H3,(H,31,34)(H,35,36,37)/b11-10-,14-13-,24-22+. The average Bonchev–Trinajstić information content (AvgIpc) is 2.86. The molecule has 0 aromatic heterocycles. The van der Waals surface area contributed by atoms with E-state index in [0.717, 1.165) is 70.6 Å². The van der Waals surface area contributed by atoms with E-state index in [-0.39, 0.29) is 6.42 Å². The van der Waals surface area contributed by atoms with Gasteiger partial charge in [0, 0.05) is 0 Å². The van der Waals surface area contributed by atoms with Crippen molar-refractivity contribution in [1.29, 1.82) is 0 Å². The number of hydrogen-bond acceptors (Lipinski definition) is 5. The van der Waals surface area contributed by atoms with Crippen LogP contribution in [-0.4, -0.2) is 53.1 Å². The fourth-order valence-corrected chi connectivity index (χ4v) is 4.80. The van der Waals surface area contributed by atoms with Gasteiger partial charge in [-0.1, -0.05) is 108 Å². The first kappa shape index (κ1) is 36.5. The van der Waals surface area contributed by atoms with Gasteiger partial charge in [-0.25, -0.2) is 0 Å². The molecule has 4 N–H and O–H groups in total. The molecule has 1 amide bonds. The summed E-state index contributed by atoms with van der Waals surface area (Å²) in [5, 5.41) is 22.9. The maximum Gasteiger partial charge on any atom is 0.267 e. The maximum absolute atomic E-state index is 12.4. The largest absolute Gasteiger partial charge is 0.387 e. The van der Waals surface area contributed by atoms with Crippen LogP contribution in [0.15, 0.2) is 36.5 Å². The van der Waals surface area contributed by atoms with Crippen molar-refractivity contribution in [2.75, 3.05) is 5.75 Å². The molecule has 0 saturated carbocycles. The van der Waals surface area contributed by atoms with Crippen molar-refractivity contribution in [2.45, 2.75) is 141 Å². The number of rotatable bonds is 25. The first-order valence-electron chi connectivity index (χ1n) is 14.8. The number of aliphatic hydroxyl groups excluding tert-OH is 2. The summed E-state index contributed by atoms with van der Waals surface area (Å²) in [6, 6.07) is -1.23. The van der Waals surface area contributed by atoms with Crippen molar-refractivity contribution < 1.29 is 28.0 Å². The van der Waals surface area contributed by atoms with Crippen molar-refractivity contribution in [1.82, 2.24) is 5.32 Å². The van der Waals surface area contributed by atoms with Crippen LogP contribution in [0.4, 0.5) is 0 Å². The quantitative estimate of drug-likeness (QED) is 0.0583. The van der Waals surface area contributed by atoms with E-state index in [0.29, 0.717) is 6.42 Å². The Bertz CT molecular complexity index is 763. The molecule has 0 saturated heterocycles. The molecular weight excluding hydrogens is 502 g/mol. The van der Waals surface area contributed by atoms with E-state index in [4.69, 9.17) is 0 Å². The van der Waals surface area contributed by atoms with Gasteiger partial charge in [-0.3, -0.25) is 9.35 Å². The second kappa shape index (κ2) is 24.6. The molecule has 0 aliphatic rings. The van der Waals surface area contributed by atoms with Gasteiger partial charge in [0.15, 0.2) is 0 Å². The lowest BCUT2D eigenvalue weighted by atomic mass is 10.0. The summed E-state index contributed by atoms with van der Waals surface area (Å²) in [6.45, 7) is 4.30. The Labute approximate surface area is 232 Å². The first-order valence-corrected chi connectivity index (χ1v) is 16.4. The summed E-state index contributed by atoms with van der Waals surface area (Å²) >= 11 is 0. The van der Waals surface area contributed by atoms with Crippen LogP contribution < -0.4 is 5.32 Å². The normalized spacial score (nSPS) is 15.0. The summed E-state index contributed by atoms with van der Waals surface area (Å²) in [4.78, 5) is 12.4. The van der Waals surface area contributed by atoms with Gasteiger partial charge in [-0.05, 0) is 51.4 Å². The van der Waals surface area contributed by atoms with Crippen LogP contribution >= 0.6 is 0 Å². The van der Waals surface area contributed by atoms with E-state index in [1.54, 1.807) is 6.08 Å². The monoisotopic (exact) mass is 557 g/mol. The van der Waals surface area contributed by atoms with E-state index in [2.05, 4.69) is 43.5 Å². The van der Waals surface area contributed by atoms with E-state index in [1.807, 2.05) is 0 Å². The molecule has 38 heavy (non-hydrogen) atoms. The topological polar surface area (TPSA) is 124 Å². The Morgan fingerprint density at radius 3 is 1.79 bits per heavy atom. The molecule has 3 unspecified atom stereocenters. The van der Waals surface area contributed by atoms with Gasteiger partial charge in [-0.15, -0.1) is 0 Å². The fourth-order valence-electron chi connectivity index (χ4n) is 4.07. The molecule has 0 rings (SSSR count). The zero-order chi connectivity index (χ0) is 28.5. The third-order valence-corrected chi connectivity index (χ3v) is 7.20. The Morgan fingerprint density at radius 2 is 1.24 bits per heavy atom. The number of carbonyl (C=O) groups excluding carboxylic acids is 1. The van der Waals surface area contributed by atoms with Gasteiger partial charge in [0.05, 0.1) is 17.9 Å². The Balaban J connectivity index is 4.11. The molecule has 222 valence electrons. The molecule has 0 aromatic rings. The second-order valence-electron chi connectivity index (χ2n) is 10.2. The lowest BCUT2D eigenvalue weighted by molar-refractivity contribution is -0.130. The van der Waals surface area contributed by atoms with E-state index in [1.165, 1.54) is 31.8 Å². The summed E-state index contributed by atoms with van der Waals surface area (Å²) in [6.07, 6.45) is 26.8. The lowest BCUT2D eigenvalue weighted by Gasteiger charge is -2.22. The Morgan fingerprint density at radius 1 is 0.737 bits per heavy atom. The molecule has 0 heterocycles. The number of amides is 1. The van der Waals surface area contributed by atoms with Crippen molar-refractivity contribution >= 4 is 16.0 Å². The number of hydrogen-bond donors (Lipinski definition) is 4. The van der Waals surface area contributed by atoms with Gasteiger partial charge < -0.3 is 15.5 Å². The van der Waals surface area contributed by atoms with Gasteiger partial charge >= 0.3 is 0 Å². The summed E-state index contributed by atoms with van der Waals surface area (Å²) in [5.74, 6) is -1.56. The number of aliphatic hydroxyl groups is 2. The second-order valence-corrected chi connectivity index (χ2v) is 11.7. The van der Waals surface area contributed by atoms with Crippen molar-refractivity contribution in [3.8, 4) is 0 Å². The Hall–Kier alpha value is -1.48. The molecule has 0 aliphatic carbocycles. The van der Waals surface area contributed by atoms with Crippen LogP contribution in [0.25, 0.3) is 0 Å². The molecule has 0 aromatic carbocycles. The van der Waals surface area contributed by atoms with Crippen molar-refractivity contribution in [3.63, 3.8) is 0 Å². The SMILES string of the molecule is CCCCC/C=C\C/C=C\CCCCCCCCC(O)C(=O)NC(CS(=O)(=O)O)C(O)/C=C/CCCCC. The minimum absolute atomic E-state index is 0.266. The molecule has 0 bridgehead atoms. The van der Waals surface area contributed by atoms with Gasteiger partial charge in [0.2, 0.25) is 5.91 Å². The zero-order valence-corrected chi connectivity index (χ0v) is 24.7. The third kappa shape index (κ3) is 23.6. The average molecular weight is 558 g/mol. The molecule has 8 heteroatoms. The van der Waals surface area contributed by atoms with Crippen LogP contribution in [0, 0.1) is 0 Å². The smallest absolute Gasteiger partial charge is 0.267 e. The van der Waals surface area contributed by atoms with Crippen LogP contribution in [-0.2, 0) is 14.9 Å². The van der Waals surface area contributed by atoms with Crippen LogP contribution in [0.5, 0.6) is 0 Å². The highest BCUT2D eigenvalue weighted by molar-refractivity contribution is 7.85. The minimum Gasteiger partial charge on any atom is -0.387 e. The lowest BCUT2D eigenvalue weighted by Crippen LogP contribution is -2.50. The fraction of sp³-hybridized carbons (Fsp3) is 0.767. The highest BCUT2D eigenvalue weighted by Gasteiger charge is 2.27. The molecule has 0 aliphatic heterocycles. The maximum atomic E-state index is 12.4. The summed E-state index contributed by atoms with van der Waals surface area (Å²) in [7, 11) is -4.42. The highest BCUT2D eigenvalue weighted by Crippen LogP contribution is 2.11. The zero-order valence-electron chi connectivity index (χ0n) is 23.9. The van der Waals surface area contributed by atoms with E-state index in [9.17, 15) is 28.0 Å². The van der Waals surface area contributed by atoms with Gasteiger partial charge in [0.25, 0.3) is 10.1 Å². The number of unbranched alkanes of at least 4 members (excludes halogenated alkanes) is 12. The number of allylic oxidation sites excluding steroid dienone is 5. The predicted molar refractivity (Wildman–Crippen MR) is 158 cm³/mol. The van der Waals surface area contributed by atoms with E-state index >= 15 is 0 Å². The third-order valence-electron chi connectivity index (χ3n) is 6.42. The molecule has 0 fully saturated rings. The molecule has 0 spiro atoms. The van der Waals surface area contributed by atoms with Gasteiger partial charge in [-0.2, -0.15) is 8.42 Å². The minimum atomic E-state index is -4.42. The molecule has 3 atom stereocenters. The Kier molecular flexibility index (Phi) is 23.6. The van der Waals surface area contributed by atoms with Crippen LogP contribution in [0.3, 0.4) is 0 Å². The van der Waals surface area contributed by atoms with Crippen molar-refractivity contribution in [2.24, 2.45) is 0 Å². The first-order chi connectivity index (χ1) is 18.2. The summed E-state index contributed by atoms with van der Waals surface area (Å²) < 4.78 is 31.9.